The smallest absolute Gasteiger partial charge is 0.270 e. The maximum atomic E-state index is 12.7. The fourth-order valence-corrected chi connectivity index (χ4v) is 3.86. The van der Waals surface area contributed by atoms with Gasteiger partial charge in [-0.1, -0.05) is 28.1 Å². The van der Waals surface area contributed by atoms with Crippen molar-refractivity contribution in [2.45, 2.75) is 6.92 Å². The lowest BCUT2D eigenvalue weighted by Gasteiger charge is -2.11. The Labute approximate surface area is 167 Å². The first kappa shape index (κ1) is 19.0. The lowest BCUT2D eigenvalue weighted by atomic mass is 10.1. The molecule has 9 heteroatoms. The minimum Gasteiger partial charge on any atom is -0.496 e. The number of halogens is 1. The SMILES string of the molecule is COc1c(C)cc(Br)cc1C(=O)Nc1nc(-c2cccc([N+](=O)[O-])c2)cs1. The maximum Gasteiger partial charge on any atom is 0.270 e. The molecule has 0 saturated heterocycles. The highest BCUT2D eigenvalue weighted by Crippen LogP contribution is 2.30. The summed E-state index contributed by atoms with van der Waals surface area (Å²) in [7, 11) is 1.51. The first-order chi connectivity index (χ1) is 12.9. The van der Waals surface area contributed by atoms with Crippen molar-refractivity contribution < 1.29 is 14.5 Å². The van der Waals surface area contributed by atoms with E-state index >= 15 is 0 Å². The minimum absolute atomic E-state index is 0.0135. The van der Waals surface area contributed by atoms with Crippen LogP contribution in [0.25, 0.3) is 11.3 Å². The van der Waals surface area contributed by atoms with Gasteiger partial charge >= 0.3 is 0 Å². The molecule has 0 unspecified atom stereocenters. The molecule has 138 valence electrons. The number of rotatable bonds is 5. The van der Waals surface area contributed by atoms with E-state index in [-0.39, 0.29) is 11.6 Å². The zero-order valence-electron chi connectivity index (χ0n) is 14.4. The van der Waals surface area contributed by atoms with Crippen molar-refractivity contribution in [1.29, 1.82) is 0 Å². The van der Waals surface area contributed by atoms with Crippen molar-refractivity contribution in [3.8, 4) is 17.0 Å². The number of non-ortho nitro benzene ring substituents is 1. The van der Waals surface area contributed by atoms with Crippen LogP contribution in [0.5, 0.6) is 5.75 Å². The zero-order chi connectivity index (χ0) is 19.6. The van der Waals surface area contributed by atoms with E-state index in [1.54, 1.807) is 23.6 Å². The van der Waals surface area contributed by atoms with Crippen molar-refractivity contribution in [3.63, 3.8) is 0 Å². The number of benzene rings is 2. The molecule has 27 heavy (non-hydrogen) atoms. The van der Waals surface area contributed by atoms with Crippen LogP contribution >= 0.6 is 27.3 Å². The predicted molar refractivity (Wildman–Crippen MR) is 108 cm³/mol. The van der Waals surface area contributed by atoms with Gasteiger partial charge in [-0.05, 0) is 24.6 Å². The molecule has 0 bridgehead atoms. The number of hydrogen-bond acceptors (Lipinski definition) is 6. The summed E-state index contributed by atoms with van der Waals surface area (Å²) in [6, 6.07) is 9.73. The zero-order valence-corrected chi connectivity index (χ0v) is 16.8. The van der Waals surface area contributed by atoms with Crippen molar-refractivity contribution in [1.82, 2.24) is 4.98 Å². The molecule has 1 amide bonds. The highest BCUT2D eigenvalue weighted by atomic mass is 79.9. The van der Waals surface area contributed by atoms with Gasteiger partial charge < -0.3 is 4.74 Å². The van der Waals surface area contributed by atoms with Crippen LogP contribution in [0.4, 0.5) is 10.8 Å². The number of nitrogens with one attached hydrogen (secondary N) is 1. The van der Waals surface area contributed by atoms with E-state index in [9.17, 15) is 14.9 Å². The fraction of sp³-hybridized carbons (Fsp3) is 0.111. The van der Waals surface area contributed by atoms with E-state index in [0.29, 0.717) is 27.7 Å². The molecule has 0 atom stereocenters. The number of nitro groups is 1. The van der Waals surface area contributed by atoms with E-state index in [1.165, 1.54) is 30.6 Å². The molecule has 2 aromatic carbocycles. The number of anilines is 1. The van der Waals surface area contributed by atoms with E-state index < -0.39 is 4.92 Å². The number of amides is 1. The fourth-order valence-electron chi connectivity index (χ4n) is 2.58. The molecule has 3 rings (SSSR count). The Morgan fingerprint density at radius 2 is 2.11 bits per heavy atom. The number of methoxy groups -OCH3 is 1. The molecular weight excluding hydrogens is 434 g/mol. The molecule has 0 radical (unpaired) electrons. The van der Waals surface area contributed by atoms with Crippen molar-refractivity contribution >= 4 is 44.0 Å². The molecule has 7 nitrogen and oxygen atoms in total. The number of aromatic nitrogens is 1. The van der Waals surface area contributed by atoms with Gasteiger partial charge in [-0.25, -0.2) is 4.98 Å². The number of ether oxygens (including phenoxy) is 1. The summed E-state index contributed by atoms with van der Waals surface area (Å²) in [6.45, 7) is 1.85. The summed E-state index contributed by atoms with van der Waals surface area (Å²) in [4.78, 5) is 27.5. The molecule has 0 fully saturated rings. The average Bonchev–Trinajstić information content (AvgIpc) is 3.09. The van der Waals surface area contributed by atoms with Crippen molar-refractivity contribution in [2.75, 3.05) is 12.4 Å². The molecule has 0 aliphatic heterocycles. The minimum atomic E-state index is -0.458. The van der Waals surface area contributed by atoms with Gasteiger partial charge in [-0.3, -0.25) is 20.2 Å². The Hall–Kier alpha value is -2.78. The van der Waals surface area contributed by atoms with Crippen LogP contribution in [-0.4, -0.2) is 22.9 Å². The van der Waals surface area contributed by atoms with Gasteiger partial charge in [0, 0.05) is 27.5 Å². The number of carbonyl (C=O) groups excluding carboxylic acids is 1. The van der Waals surface area contributed by atoms with E-state index in [4.69, 9.17) is 4.74 Å². The maximum absolute atomic E-state index is 12.7. The third-order valence-electron chi connectivity index (χ3n) is 3.77. The average molecular weight is 448 g/mol. The number of thiazole rings is 1. The summed E-state index contributed by atoms with van der Waals surface area (Å²) in [6.07, 6.45) is 0. The molecular formula is C18H14BrN3O4S. The van der Waals surface area contributed by atoms with Crippen LogP contribution in [0.2, 0.25) is 0 Å². The highest BCUT2D eigenvalue weighted by molar-refractivity contribution is 9.10. The first-order valence-corrected chi connectivity index (χ1v) is 9.42. The molecule has 1 N–H and O–H groups in total. The van der Waals surface area contributed by atoms with Crippen molar-refractivity contribution in [3.05, 3.63) is 67.5 Å². The molecule has 1 heterocycles. The van der Waals surface area contributed by atoms with Crippen LogP contribution in [0.3, 0.4) is 0 Å². The van der Waals surface area contributed by atoms with Crippen molar-refractivity contribution in [2.24, 2.45) is 0 Å². The second kappa shape index (κ2) is 7.85. The number of nitrogens with zero attached hydrogens (tertiary/aromatic N) is 2. The molecule has 0 aliphatic rings. The van der Waals surface area contributed by atoms with Gasteiger partial charge in [0.25, 0.3) is 11.6 Å². The Morgan fingerprint density at radius 1 is 1.33 bits per heavy atom. The lowest BCUT2D eigenvalue weighted by Crippen LogP contribution is -2.13. The molecule has 0 saturated carbocycles. The van der Waals surface area contributed by atoms with E-state index in [0.717, 1.165) is 10.0 Å². The van der Waals surface area contributed by atoms with E-state index in [2.05, 4.69) is 26.2 Å². The summed E-state index contributed by atoms with van der Waals surface area (Å²) >= 11 is 4.62. The van der Waals surface area contributed by atoms with Crippen LogP contribution in [0, 0.1) is 17.0 Å². The van der Waals surface area contributed by atoms with Crippen LogP contribution in [0.15, 0.2) is 46.3 Å². The monoisotopic (exact) mass is 447 g/mol. The number of aryl methyl sites for hydroxylation is 1. The molecule has 0 aliphatic carbocycles. The molecule has 1 aromatic heterocycles. The van der Waals surface area contributed by atoms with Gasteiger partial charge in [-0.2, -0.15) is 0 Å². The largest absolute Gasteiger partial charge is 0.496 e. The normalized spacial score (nSPS) is 10.5. The van der Waals surface area contributed by atoms with Gasteiger partial charge in [0.15, 0.2) is 5.13 Å². The first-order valence-electron chi connectivity index (χ1n) is 7.75. The van der Waals surface area contributed by atoms with Crippen LogP contribution < -0.4 is 10.1 Å². The predicted octanol–water partition coefficient (Wildman–Crippen LogP) is 5.05. The summed E-state index contributed by atoms with van der Waals surface area (Å²) in [5.74, 6) is 0.141. The standard InChI is InChI=1S/C18H14BrN3O4S/c1-10-6-12(19)8-14(16(10)26-2)17(23)21-18-20-15(9-27-18)11-4-3-5-13(7-11)22(24)25/h3-9H,1-2H3,(H,20,21,23). The third-order valence-corrected chi connectivity index (χ3v) is 4.98. The van der Waals surface area contributed by atoms with Gasteiger partial charge in [-0.15, -0.1) is 11.3 Å². The third kappa shape index (κ3) is 4.15. The number of nitro benzene ring substituents is 1. The van der Waals surface area contributed by atoms with Gasteiger partial charge in [0.05, 0.1) is 23.3 Å². The van der Waals surface area contributed by atoms with Crippen LogP contribution in [-0.2, 0) is 0 Å². The summed E-state index contributed by atoms with van der Waals surface area (Å²) in [5.41, 5.74) is 2.36. The Morgan fingerprint density at radius 3 is 2.81 bits per heavy atom. The number of carbonyl (C=O) groups is 1. The molecule has 0 spiro atoms. The Kier molecular flexibility index (Phi) is 5.52. The quantitative estimate of drug-likeness (QED) is 0.436. The van der Waals surface area contributed by atoms with Crippen LogP contribution in [0.1, 0.15) is 15.9 Å². The molecule has 3 aromatic rings. The number of hydrogen-bond donors (Lipinski definition) is 1. The van der Waals surface area contributed by atoms with Gasteiger partial charge in [0.1, 0.15) is 5.75 Å². The van der Waals surface area contributed by atoms with Gasteiger partial charge in [0.2, 0.25) is 0 Å². The summed E-state index contributed by atoms with van der Waals surface area (Å²) in [5, 5.41) is 15.8. The topological polar surface area (TPSA) is 94.4 Å². The second-order valence-corrected chi connectivity index (χ2v) is 7.38. The Bertz CT molecular complexity index is 1040. The highest BCUT2D eigenvalue weighted by Gasteiger charge is 2.17. The van der Waals surface area contributed by atoms with E-state index in [1.807, 2.05) is 13.0 Å². The second-order valence-electron chi connectivity index (χ2n) is 5.60. The summed E-state index contributed by atoms with van der Waals surface area (Å²) < 4.78 is 6.10. The Balaban J connectivity index is 1.85. The lowest BCUT2D eigenvalue weighted by molar-refractivity contribution is -0.384.